The lowest BCUT2D eigenvalue weighted by Gasteiger charge is -2.12. The molecule has 0 spiro atoms. The van der Waals surface area contributed by atoms with Gasteiger partial charge in [-0.25, -0.2) is 4.79 Å². The van der Waals surface area contributed by atoms with Crippen molar-refractivity contribution in [1.29, 1.82) is 5.41 Å². The number of carbonyl (C=O) groups excluding carboxylic acids is 2. The summed E-state index contributed by atoms with van der Waals surface area (Å²) in [6.45, 7) is 0. The molecule has 2 atom stereocenters. The first-order chi connectivity index (χ1) is 15.9. The van der Waals surface area contributed by atoms with E-state index in [-0.39, 0.29) is 34.9 Å². The van der Waals surface area contributed by atoms with Gasteiger partial charge in [-0.3, -0.25) is 25.4 Å². The van der Waals surface area contributed by atoms with Gasteiger partial charge in [0.05, 0.1) is 4.92 Å². The third-order valence-electron chi connectivity index (χ3n) is 5.45. The van der Waals surface area contributed by atoms with Crippen LogP contribution in [0.3, 0.4) is 0 Å². The number of benzene rings is 2. The third kappa shape index (κ3) is 5.12. The Hall–Kier alpha value is -4.34. The van der Waals surface area contributed by atoms with E-state index in [1.54, 1.807) is 36.4 Å². The Morgan fingerprint density at radius 2 is 1.82 bits per heavy atom. The molecule has 1 aromatic heterocycles. The molecule has 0 aliphatic heterocycles. The summed E-state index contributed by atoms with van der Waals surface area (Å²) in [5.74, 6) is -0.224. The van der Waals surface area contributed by atoms with Gasteiger partial charge in [0, 0.05) is 29.3 Å². The predicted octanol–water partition coefficient (Wildman–Crippen LogP) is 4.42. The van der Waals surface area contributed by atoms with Crippen LogP contribution in [0, 0.1) is 15.5 Å². The van der Waals surface area contributed by atoms with Crippen molar-refractivity contribution in [2.24, 2.45) is 0 Å². The van der Waals surface area contributed by atoms with Crippen LogP contribution < -0.4 is 4.74 Å². The topological polar surface area (TPSA) is 148 Å². The molecule has 1 aliphatic rings. The first kappa shape index (κ1) is 21.9. The zero-order valence-electron chi connectivity index (χ0n) is 17.4. The summed E-state index contributed by atoms with van der Waals surface area (Å²) in [4.78, 5) is 34.7. The van der Waals surface area contributed by atoms with Gasteiger partial charge in [-0.1, -0.05) is 30.3 Å². The van der Waals surface area contributed by atoms with Crippen LogP contribution in [0.25, 0.3) is 0 Å². The molecule has 33 heavy (non-hydrogen) atoms. The third-order valence-corrected chi connectivity index (χ3v) is 5.45. The first-order valence-electron chi connectivity index (χ1n) is 10.3. The quantitative estimate of drug-likeness (QED) is 0.136. The molecule has 1 saturated carbocycles. The van der Waals surface area contributed by atoms with Gasteiger partial charge in [-0.15, -0.1) is 0 Å². The van der Waals surface area contributed by atoms with E-state index >= 15 is 0 Å². The molecule has 1 aliphatic carbocycles. The van der Waals surface area contributed by atoms with Crippen LogP contribution in [-0.4, -0.2) is 38.9 Å². The SMILES string of the molecule is N=C(C(=O)c1ccccc1)c1cc([C@H]2CC[C@@H](OC(=O)Oc3ccc([N+](=O)[O-])cc3)C2)[nH]n1. The normalized spacial score (nSPS) is 17.3. The van der Waals surface area contributed by atoms with Crippen LogP contribution >= 0.6 is 0 Å². The molecule has 2 aromatic carbocycles. The smallest absolute Gasteiger partial charge is 0.431 e. The highest BCUT2D eigenvalue weighted by molar-refractivity contribution is 6.49. The number of hydrogen-bond acceptors (Lipinski definition) is 8. The molecule has 0 unspecified atom stereocenters. The molecule has 0 amide bonds. The van der Waals surface area contributed by atoms with E-state index in [1.807, 2.05) is 0 Å². The minimum atomic E-state index is -0.880. The van der Waals surface area contributed by atoms with Crippen molar-refractivity contribution in [3.8, 4) is 5.75 Å². The standard InChI is InChI=1S/C23H20N4O6/c24-21(22(28)14-4-2-1-3-5-14)20-13-19(25-26-20)15-6-9-18(12-15)33-23(29)32-17-10-7-16(8-11-17)27(30)31/h1-5,7-8,10-11,13,15,18,24H,6,9,12H2,(H,25,26)/t15-,18+/m0/s1. The second-order valence-electron chi connectivity index (χ2n) is 7.63. The van der Waals surface area contributed by atoms with E-state index in [2.05, 4.69) is 10.2 Å². The highest BCUT2D eigenvalue weighted by Gasteiger charge is 2.31. The monoisotopic (exact) mass is 448 g/mol. The van der Waals surface area contributed by atoms with E-state index in [4.69, 9.17) is 14.9 Å². The minimum Gasteiger partial charge on any atom is -0.431 e. The molecule has 0 saturated heterocycles. The second kappa shape index (κ2) is 9.43. The summed E-state index contributed by atoms with van der Waals surface area (Å²) in [7, 11) is 0. The van der Waals surface area contributed by atoms with Gasteiger partial charge in [0.25, 0.3) is 5.69 Å². The average Bonchev–Trinajstić information content (AvgIpc) is 3.49. The van der Waals surface area contributed by atoms with E-state index in [9.17, 15) is 19.7 Å². The second-order valence-corrected chi connectivity index (χ2v) is 7.63. The maximum atomic E-state index is 12.5. The van der Waals surface area contributed by atoms with Crippen LogP contribution in [0.1, 0.15) is 46.9 Å². The van der Waals surface area contributed by atoms with Gasteiger partial charge >= 0.3 is 6.16 Å². The number of ketones is 1. The molecule has 10 nitrogen and oxygen atoms in total. The van der Waals surface area contributed by atoms with Gasteiger partial charge in [-0.2, -0.15) is 5.10 Å². The number of H-pyrrole nitrogens is 1. The number of rotatable bonds is 7. The van der Waals surface area contributed by atoms with Crippen LogP contribution in [0.4, 0.5) is 10.5 Å². The van der Waals surface area contributed by atoms with Crippen LogP contribution in [0.5, 0.6) is 5.75 Å². The number of carbonyl (C=O) groups is 2. The Balaban J connectivity index is 1.31. The maximum Gasteiger partial charge on any atom is 0.514 e. The maximum absolute atomic E-state index is 12.5. The van der Waals surface area contributed by atoms with E-state index in [1.165, 1.54) is 24.3 Å². The Morgan fingerprint density at radius 3 is 2.52 bits per heavy atom. The predicted molar refractivity (Wildman–Crippen MR) is 117 cm³/mol. The van der Waals surface area contributed by atoms with Crippen LogP contribution in [0.15, 0.2) is 60.7 Å². The molecular weight excluding hydrogens is 428 g/mol. The number of hydrogen-bond donors (Lipinski definition) is 2. The fraction of sp³-hybridized carbons (Fsp3) is 0.217. The number of non-ortho nitro benzene ring substituents is 1. The van der Waals surface area contributed by atoms with E-state index in [0.29, 0.717) is 18.4 Å². The Bertz CT molecular complexity index is 1190. The van der Waals surface area contributed by atoms with Crippen molar-refractivity contribution >= 4 is 23.3 Å². The summed E-state index contributed by atoms with van der Waals surface area (Å²) in [6, 6.07) is 15.4. The molecule has 3 aromatic rings. The number of nitro benzene ring substituents is 1. The van der Waals surface area contributed by atoms with Crippen molar-refractivity contribution in [3.63, 3.8) is 0 Å². The number of ether oxygens (including phenoxy) is 2. The lowest BCUT2D eigenvalue weighted by Crippen LogP contribution is -2.18. The number of aromatic nitrogens is 2. The Kier molecular flexibility index (Phi) is 6.25. The summed E-state index contributed by atoms with van der Waals surface area (Å²) in [6.07, 6.45) is 0.649. The minimum absolute atomic E-state index is 0.0306. The van der Waals surface area contributed by atoms with Gasteiger partial charge in [-0.05, 0) is 37.5 Å². The molecule has 0 radical (unpaired) electrons. The number of Topliss-reactive ketones (excluding diaryl/α,β-unsaturated/α-hetero) is 1. The first-order valence-corrected chi connectivity index (χ1v) is 10.3. The van der Waals surface area contributed by atoms with Crippen molar-refractivity contribution in [3.05, 3.63) is 87.7 Å². The van der Waals surface area contributed by atoms with E-state index < -0.39 is 16.9 Å². The number of nitrogens with zero attached hydrogens (tertiary/aromatic N) is 2. The molecule has 2 N–H and O–H groups in total. The van der Waals surface area contributed by atoms with Gasteiger partial charge < -0.3 is 9.47 Å². The van der Waals surface area contributed by atoms with Crippen LogP contribution in [0.2, 0.25) is 0 Å². The summed E-state index contributed by atoms with van der Waals surface area (Å²) in [5.41, 5.74) is 1.16. The highest BCUT2D eigenvalue weighted by Crippen LogP contribution is 2.35. The van der Waals surface area contributed by atoms with Crippen molar-refractivity contribution in [2.45, 2.75) is 31.3 Å². The number of nitro groups is 1. The zero-order valence-corrected chi connectivity index (χ0v) is 17.4. The van der Waals surface area contributed by atoms with Crippen LogP contribution in [-0.2, 0) is 4.74 Å². The fourth-order valence-corrected chi connectivity index (χ4v) is 3.75. The van der Waals surface area contributed by atoms with Crippen molar-refractivity contribution < 1.29 is 24.0 Å². The average molecular weight is 448 g/mol. The number of nitrogens with one attached hydrogen (secondary N) is 2. The zero-order chi connectivity index (χ0) is 23.4. The molecule has 168 valence electrons. The summed E-state index contributed by atoms with van der Waals surface area (Å²) < 4.78 is 10.5. The lowest BCUT2D eigenvalue weighted by molar-refractivity contribution is -0.384. The van der Waals surface area contributed by atoms with Gasteiger partial charge in [0.15, 0.2) is 0 Å². The molecule has 1 fully saturated rings. The largest absolute Gasteiger partial charge is 0.514 e. The molecule has 1 heterocycles. The summed E-state index contributed by atoms with van der Waals surface area (Å²) >= 11 is 0. The van der Waals surface area contributed by atoms with Gasteiger partial charge in [0.2, 0.25) is 5.78 Å². The lowest BCUT2D eigenvalue weighted by atomic mass is 10.0. The fourth-order valence-electron chi connectivity index (χ4n) is 3.75. The molecule has 10 heteroatoms. The highest BCUT2D eigenvalue weighted by atomic mass is 16.7. The number of aromatic amines is 1. The molecule has 4 rings (SSSR count). The Morgan fingerprint density at radius 1 is 1.09 bits per heavy atom. The van der Waals surface area contributed by atoms with Crippen molar-refractivity contribution in [1.82, 2.24) is 10.2 Å². The van der Waals surface area contributed by atoms with Crippen molar-refractivity contribution in [2.75, 3.05) is 0 Å². The summed E-state index contributed by atoms with van der Waals surface area (Å²) in [5, 5.41) is 25.9. The molecular formula is C23H20N4O6. The van der Waals surface area contributed by atoms with Gasteiger partial charge in [0.1, 0.15) is 23.3 Å². The van der Waals surface area contributed by atoms with E-state index in [0.717, 1.165) is 12.1 Å². The molecule has 0 bridgehead atoms. The Labute approximate surface area is 188 Å².